The highest BCUT2D eigenvalue weighted by atomic mass is 127. The van der Waals surface area contributed by atoms with Gasteiger partial charge in [0.25, 0.3) is 0 Å². The van der Waals surface area contributed by atoms with Gasteiger partial charge in [-0.1, -0.05) is 46.9 Å². The van der Waals surface area contributed by atoms with Gasteiger partial charge < -0.3 is 9.47 Å². The molecule has 0 saturated carbocycles. The van der Waals surface area contributed by atoms with Gasteiger partial charge in [0, 0.05) is 7.11 Å². The van der Waals surface area contributed by atoms with E-state index in [1.165, 1.54) is 0 Å². The van der Waals surface area contributed by atoms with Crippen LogP contribution in [0.3, 0.4) is 0 Å². The molecule has 0 aliphatic rings. The van der Waals surface area contributed by atoms with Crippen molar-refractivity contribution in [2.24, 2.45) is 0 Å². The molecule has 3 nitrogen and oxygen atoms in total. The van der Waals surface area contributed by atoms with Crippen LogP contribution in [0.4, 0.5) is 0 Å². The van der Waals surface area contributed by atoms with E-state index in [4.69, 9.17) is 14.7 Å². The number of alkyl halides is 1. The molecule has 0 spiro atoms. The van der Waals surface area contributed by atoms with E-state index in [-0.39, 0.29) is 3.92 Å². The molecule has 0 N–H and O–H groups in total. The Morgan fingerprint density at radius 1 is 1.31 bits per heavy atom. The molecule has 0 radical (unpaired) electrons. The molecule has 0 aromatic heterocycles. The maximum atomic E-state index is 8.76. The van der Waals surface area contributed by atoms with Crippen LogP contribution >= 0.6 is 22.6 Å². The Morgan fingerprint density at radius 3 is 2.56 bits per heavy atom. The molecular weight excluding hydrogens is 317 g/mol. The molecule has 0 amide bonds. The van der Waals surface area contributed by atoms with Gasteiger partial charge in [-0.25, -0.2) is 0 Å². The molecule has 1 atom stereocenters. The minimum atomic E-state index is -0.0824. The monoisotopic (exact) mass is 331 g/mol. The van der Waals surface area contributed by atoms with Crippen molar-refractivity contribution in [2.75, 3.05) is 20.3 Å². The summed E-state index contributed by atoms with van der Waals surface area (Å²) in [5.41, 5.74) is 2.14. The quantitative estimate of drug-likeness (QED) is 0.457. The minimum Gasteiger partial charge on any atom is -0.382 e. The summed E-state index contributed by atoms with van der Waals surface area (Å²) < 4.78 is 10.2. The summed E-state index contributed by atoms with van der Waals surface area (Å²) in [4.78, 5) is 0. The van der Waals surface area contributed by atoms with Crippen LogP contribution < -0.4 is 0 Å². The zero-order chi connectivity index (χ0) is 11.8. The zero-order valence-corrected chi connectivity index (χ0v) is 11.3. The Labute approximate surface area is 110 Å². The molecule has 0 aliphatic carbocycles. The van der Waals surface area contributed by atoms with Crippen LogP contribution in [-0.2, 0) is 16.1 Å². The normalized spacial score (nSPS) is 12.1. The summed E-state index contributed by atoms with van der Waals surface area (Å²) in [6.45, 7) is 1.80. The number of nitrogens with zero attached hydrogens (tertiary/aromatic N) is 1. The molecule has 0 heterocycles. The Bertz CT molecular complexity index is 345. The maximum absolute atomic E-state index is 8.76. The van der Waals surface area contributed by atoms with Crippen molar-refractivity contribution < 1.29 is 9.47 Å². The molecule has 16 heavy (non-hydrogen) atoms. The summed E-state index contributed by atoms with van der Waals surface area (Å²) in [6, 6.07) is 10.1. The van der Waals surface area contributed by atoms with E-state index >= 15 is 0 Å². The number of benzene rings is 1. The zero-order valence-electron chi connectivity index (χ0n) is 9.15. The van der Waals surface area contributed by atoms with E-state index in [9.17, 15) is 0 Å². The first-order chi connectivity index (χ1) is 7.77. The van der Waals surface area contributed by atoms with Gasteiger partial charge in [-0.05, 0) is 11.1 Å². The number of methoxy groups -OCH3 is 1. The van der Waals surface area contributed by atoms with Crippen LogP contribution in [0.2, 0.25) is 0 Å². The van der Waals surface area contributed by atoms with Gasteiger partial charge in [-0.15, -0.1) is 0 Å². The fourth-order valence-corrected chi connectivity index (χ4v) is 1.60. The average Bonchev–Trinajstić information content (AvgIpc) is 2.34. The predicted molar refractivity (Wildman–Crippen MR) is 70.3 cm³/mol. The van der Waals surface area contributed by atoms with Crippen molar-refractivity contribution in [1.29, 1.82) is 5.26 Å². The van der Waals surface area contributed by atoms with Gasteiger partial charge >= 0.3 is 0 Å². The largest absolute Gasteiger partial charge is 0.382 e. The summed E-state index contributed by atoms with van der Waals surface area (Å²) >= 11 is 2.11. The fourth-order valence-electron chi connectivity index (χ4n) is 1.19. The van der Waals surface area contributed by atoms with Crippen LogP contribution in [0, 0.1) is 11.3 Å². The van der Waals surface area contributed by atoms with E-state index in [1.807, 2.05) is 24.3 Å². The summed E-state index contributed by atoms with van der Waals surface area (Å²) in [5, 5.41) is 8.76. The van der Waals surface area contributed by atoms with Crippen molar-refractivity contribution in [3.8, 4) is 6.07 Å². The molecule has 1 rings (SSSR count). The number of ether oxygens (including phenoxy) is 2. The van der Waals surface area contributed by atoms with E-state index < -0.39 is 0 Å². The highest BCUT2D eigenvalue weighted by Gasteiger charge is 2.04. The lowest BCUT2D eigenvalue weighted by Crippen LogP contribution is -2.01. The van der Waals surface area contributed by atoms with Gasteiger partial charge in [0.15, 0.2) is 0 Å². The van der Waals surface area contributed by atoms with Gasteiger partial charge in [-0.2, -0.15) is 5.26 Å². The van der Waals surface area contributed by atoms with Gasteiger partial charge in [0.2, 0.25) is 0 Å². The molecule has 1 aromatic carbocycles. The predicted octanol–water partition coefficient (Wildman–Crippen LogP) is 2.85. The lowest BCUT2D eigenvalue weighted by molar-refractivity contribution is 0.0616. The number of hydrogen-bond donors (Lipinski definition) is 0. The Morgan fingerprint density at radius 2 is 2.00 bits per heavy atom. The summed E-state index contributed by atoms with van der Waals surface area (Å²) in [7, 11) is 1.65. The topological polar surface area (TPSA) is 42.2 Å². The number of halogens is 1. The third kappa shape index (κ3) is 4.47. The number of nitriles is 1. The SMILES string of the molecule is COCCOCc1ccc(C(I)C#N)cc1. The van der Waals surface area contributed by atoms with Crippen LogP contribution in [0.15, 0.2) is 24.3 Å². The summed E-state index contributed by atoms with van der Waals surface area (Å²) in [5.74, 6) is 0. The van der Waals surface area contributed by atoms with Crippen molar-refractivity contribution >= 4 is 22.6 Å². The van der Waals surface area contributed by atoms with Crippen molar-refractivity contribution in [3.05, 3.63) is 35.4 Å². The second kappa shape index (κ2) is 7.60. The van der Waals surface area contributed by atoms with Gasteiger partial charge in [0.1, 0.15) is 3.92 Å². The van der Waals surface area contributed by atoms with Crippen LogP contribution in [-0.4, -0.2) is 20.3 Å². The van der Waals surface area contributed by atoms with E-state index in [1.54, 1.807) is 7.11 Å². The Kier molecular flexibility index (Phi) is 6.38. The molecular formula is C12H14INO2. The molecule has 1 unspecified atom stereocenters. The van der Waals surface area contributed by atoms with Crippen LogP contribution in [0.1, 0.15) is 15.1 Å². The Hall–Kier alpha value is -0.640. The Balaban J connectivity index is 2.43. The summed E-state index contributed by atoms with van der Waals surface area (Å²) in [6.07, 6.45) is 0. The maximum Gasteiger partial charge on any atom is 0.123 e. The second-order valence-electron chi connectivity index (χ2n) is 3.28. The highest BCUT2D eigenvalue weighted by molar-refractivity contribution is 14.1. The highest BCUT2D eigenvalue weighted by Crippen LogP contribution is 2.22. The van der Waals surface area contributed by atoms with Gasteiger partial charge in [-0.3, -0.25) is 0 Å². The lowest BCUT2D eigenvalue weighted by atomic mass is 10.1. The number of hydrogen-bond acceptors (Lipinski definition) is 3. The smallest absolute Gasteiger partial charge is 0.123 e. The van der Waals surface area contributed by atoms with E-state index in [0.717, 1.165) is 11.1 Å². The second-order valence-corrected chi connectivity index (χ2v) is 4.52. The van der Waals surface area contributed by atoms with Crippen LogP contribution in [0.25, 0.3) is 0 Å². The number of rotatable bonds is 6. The fraction of sp³-hybridized carbons (Fsp3) is 0.417. The first kappa shape index (κ1) is 13.4. The van der Waals surface area contributed by atoms with Crippen molar-refractivity contribution in [2.45, 2.75) is 10.5 Å². The average molecular weight is 331 g/mol. The van der Waals surface area contributed by atoms with Crippen molar-refractivity contribution in [3.63, 3.8) is 0 Å². The third-order valence-electron chi connectivity index (χ3n) is 2.09. The lowest BCUT2D eigenvalue weighted by Gasteiger charge is -2.05. The minimum absolute atomic E-state index is 0.0824. The third-order valence-corrected chi connectivity index (χ3v) is 3.08. The molecule has 0 bridgehead atoms. The first-order valence-corrected chi connectivity index (χ1v) is 6.21. The molecule has 4 heteroatoms. The molecule has 0 aliphatic heterocycles. The molecule has 0 saturated heterocycles. The molecule has 0 fully saturated rings. The van der Waals surface area contributed by atoms with E-state index in [2.05, 4.69) is 28.7 Å². The van der Waals surface area contributed by atoms with E-state index in [0.29, 0.717) is 19.8 Å². The standard InChI is InChI=1S/C12H14INO2/c1-15-6-7-16-9-10-2-4-11(5-3-10)12(13)8-14/h2-5,12H,6-7,9H2,1H3. The van der Waals surface area contributed by atoms with Crippen molar-refractivity contribution in [1.82, 2.24) is 0 Å². The van der Waals surface area contributed by atoms with Crippen LogP contribution in [0.5, 0.6) is 0 Å². The molecule has 86 valence electrons. The van der Waals surface area contributed by atoms with Gasteiger partial charge in [0.05, 0.1) is 25.9 Å². The first-order valence-electron chi connectivity index (χ1n) is 4.97. The molecule has 1 aromatic rings.